The summed E-state index contributed by atoms with van der Waals surface area (Å²) in [5.74, 6) is 0.606. The molecule has 0 aliphatic rings. The maximum atomic E-state index is 11.7. The van der Waals surface area contributed by atoms with Crippen LogP contribution in [0.1, 0.15) is 30.9 Å². The van der Waals surface area contributed by atoms with E-state index in [1.807, 2.05) is 39.0 Å². The lowest BCUT2D eigenvalue weighted by Crippen LogP contribution is -2.36. The fraction of sp³-hybridized carbons (Fsp3) is 0.533. The predicted octanol–water partition coefficient (Wildman–Crippen LogP) is 1.96. The van der Waals surface area contributed by atoms with Crippen LogP contribution in [-0.2, 0) is 4.79 Å². The van der Waals surface area contributed by atoms with Crippen molar-refractivity contribution in [3.05, 3.63) is 29.3 Å². The smallest absolute Gasteiger partial charge is 0.258 e. The maximum Gasteiger partial charge on any atom is 0.258 e. The van der Waals surface area contributed by atoms with Gasteiger partial charge in [0.2, 0.25) is 0 Å². The number of nitrogens with one attached hydrogen (secondary N) is 1. The van der Waals surface area contributed by atoms with E-state index in [4.69, 9.17) is 9.84 Å². The lowest BCUT2D eigenvalue weighted by molar-refractivity contribution is -0.123. The molecule has 106 valence electrons. The number of carbonyl (C=O) groups is 1. The van der Waals surface area contributed by atoms with E-state index in [9.17, 15) is 4.79 Å². The van der Waals surface area contributed by atoms with Gasteiger partial charge in [0.05, 0.1) is 0 Å². The van der Waals surface area contributed by atoms with Crippen LogP contribution < -0.4 is 10.1 Å². The molecule has 0 saturated heterocycles. The Balaban J connectivity index is 2.37. The fourth-order valence-corrected chi connectivity index (χ4v) is 1.89. The van der Waals surface area contributed by atoms with Gasteiger partial charge in [-0.05, 0) is 45.2 Å². The second-order valence-corrected chi connectivity index (χ2v) is 4.89. The van der Waals surface area contributed by atoms with E-state index in [1.54, 1.807) is 0 Å². The Kier molecular flexibility index (Phi) is 6.36. The molecule has 0 fully saturated rings. The van der Waals surface area contributed by atoms with Crippen molar-refractivity contribution < 1.29 is 14.6 Å². The number of ether oxygens (including phenoxy) is 1. The predicted molar refractivity (Wildman–Crippen MR) is 75.3 cm³/mol. The van der Waals surface area contributed by atoms with Crippen LogP contribution in [0.2, 0.25) is 0 Å². The van der Waals surface area contributed by atoms with Gasteiger partial charge in [-0.2, -0.15) is 0 Å². The van der Waals surface area contributed by atoms with Crippen LogP contribution in [0.4, 0.5) is 0 Å². The molecule has 0 spiro atoms. The SMILES string of the molecule is Cc1ccc(OCC(=O)NC(C)CCCO)c(C)c1. The van der Waals surface area contributed by atoms with E-state index in [0.29, 0.717) is 6.42 Å². The Hall–Kier alpha value is -1.55. The lowest BCUT2D eigenvalue weighted by Gasteiger charge is -2.14. The first-order valence-corrected chi connectivity index (χ1v) is 6.63. The Morgan fingerprint density at radius 1 is 1.42 bits per heavy atom. The minimum absolute atomic E-state index is 0.0212. The highest BCUT2D eigenvalue weighted by Gasteiger charge is 2.08. The van der Waals surface area contributed by atoms with Crippen molar-refractivity contribution in [3.63, 3.8) is 0 Å². The van der Waals surface area contributed by atoms with Crippen LogP contribution in [0.25, 0.3) is 0 Å². The summed E-state index contributed by atoms with van der Waals surface area (Å²) < 4.78 is 5.50. The molecular formula is C15H23NO3. The molecule has 1 aromatic rings. The van der Waals surface area contributed by atoms with Crippen LogP contribution in [0.5, 0.6) is 5.75 Å². The molecular weight excluding hydrogens is 242 g/mol. The van der Waals surface area contributed by atoms with Gasteiger partial charge in [0.25, 0.3) is 5.91 Å². The largest absolute Gasteiger partial charge is 0.484 e. The molecule has 0 aromatic heterocycles. The van der Waals surface area contributed by atoms with Crippen LogP contribution in [0.3, 0.4) is 0 Å². The van der Waals surface area contributed by atoms with Crippen molar-refractivity contribution in [1.29, 1.82) is 0 Å². The zero-order valence-corrected chi connectivity index (χ0v) is 11.9. The molecule has 0 aliphatic carbocycles. The molecule has 1 rings (SSSR count). The van der Waals surface area contributed by atoms with E-state index in [0.717, 1.165) is 17.7 Å². The van der Waals surface area contributed by atoms with Gasteiger partial charge in [0.15, 0.2) is 6.61 Å². The van der Waals surface area contributed by atoms with Gasteiger partial charge in [0.1, 0.15) is 5.75 Å². The number of aliphatic hydroxyl groups excluding tert-OH is 1. The summed E-state index contributed by atoms with van der Waals surface area (Å²) in [6.07, 6.45) is 1.46. The number of hydrogen-bond acceptors (Lipinski definition) is 3. The van der Waals surface area contributed by atoms with E-state index in [1.165, 1.54) is 5.56 Å². The minimum atomic E-state index is -0.134. The summed E-state index contributed by atoms with van der Waals surface area (Å²) in [7, 11) is 0. The molecule has 1 atom stereocenters. The molecule has 4 heteroatoms. The zero-order valence-electron chi connectivity index (χ0n) is 11.9. The Morgan fingerprint density at radius 3 is 2.79 bits per heavy atom. The maximum absolute atomic E-state index is 11.7. The molecule has 1 aromatic carbocycles. The topological polar surface area (TPSA) is 58.6 Å². The highest BCUT2D eigenvalue weighted by atomic mass is 16.5. The van der Waals surface area contributed by atoms with Crippen molar-refractivity contribution >= 4 is 5.91 Å². The Labute approximate surface area is 114 Å². The molecule has 4 nitrogen and oxygen atoms in total. The molecule has 1 amide bonds. The summed E-state index contributed by atoms with van der Waals surface area (Å²) in [5, 5.41) is 11.6. The van der Waals surface area contributed by atoms with E-state index < -0.39 is 0 Å². The van der Waals surface area contributed by atoms with Gasteiger partial charge < -0.3 is 15.2 Å². The van der Waals surface area contributed by atoms with Crippen LogP contribution in [0.15, 0.2) is 18.2 Å². The normalized spacial score (nSPS) is 12.0. The van der Waals surface area contributed by atoms with Crippen LogP contribution in [-0.4, -0.2) is 30.3 Å². The standard InChI is InChI=1S/C15H23NO3/c1-11-6-7-14(12(2)9-11)19-10-15(18)16-13(3)5-4-8-17/h6-7,9,13,17H,4-5,8,10H2,1-3H3,(H,16,18). The van der Waals surface area contributed by atoms with Gasteiger partial charge in [0, 0.05) is 12.6 Å². The van der Waals surface area contributed by atoms with Gasteiger partial charge in [-0.1, -0.05) is 17.7 Å². The third-order valence-electron chi connectivity index (χ3n) is 2.89. The monoisotopic (exact) mass is 265 g/mol. The van der Waals surface area contributed by atoms with Crippen molar-refractivity contribution in [3.8, 4) is 5.75 Å². The highest BCUT2D eigenvalue weighted by Crippen LogP contribution is 2.18. The molecule has 0 radical (unpaired) electrons. The van der Waals surface area contributed by atoms with Gasteiger partial charge >= 0.3 is 0 Å². The minimum Gasteiger partial charge on any atom is -0.484 e. The van der Waals surface area contributed by atoms with E-state index >= 15 is 0 Å². The Bertz CT molecular complexity index is 418. The van der Waals surface area contributed by atoms with Crippen molar-refractivity contribution in [1.82, 2.24) is 5.32 Å². The quantitative estimate of drug-likeness (QED) is 0.792. The molecule has 2 N–H and O–H groups in total. The summed E-state index contributed by atoms with van der Waals surface area (Å²) in [6.45, 7) is 6.08. The number of hydrogen-bond donors (Lipinski definition) is 2. The van der Waals surface area contributed by atoms with E-state index in [2.05, 4.69) is 5.32 Å². The van der Waals surface area contributed by atoms with Gasteiger partial charge in [-0.3, -0.25) is 4.79 Å². The van der Waals surface area contributed by atoms with Crippen LogP contribution >= 0.6 is 0 Å². The first kappa shape index (κ1) is 15.5. The first-order chi connectivity index (χ1) is 9.02. The first-order valence-electron chi connectivity index (χ1n) is 6.63. The number of aryl methyl sites for hydroxylation is 2. The van der Waals surface area contributed by atoms with Crippen molar-refractivity contribution in [2.24, 2.45) is 0 Å². The average molecular weight is 265 g/mol. The number of aliphatic hydroxyl groups is 1. The van der Waals surface area contributed by atoms with Crippen molar-refractivity contribution in [2.75, 3.05) is 13.2 Å². The second-order valence-electron chi connectivity index (χ2n) is 4.89. The number of rotatable bonds is 7. The molecule has 1 unspecified atom stereocenters. The van der Waals surface area contributed by atoms with Crippen LogP contribution in [0, 0.1) is 13.8 Å². The van der Waals surface area contributed by atoms with E-state index in [-0.39, 0.29) is 25.2 Å². The van der Waals surface area contributed by atoms with Crippen molar-refractivity contribution in [2.45, 2.75) is 39.7 Å². The summed E-state index contributed by atoms with van der Waals surface area (Å²) in [6, 6.07) is 5.93. The zero-order chi connectivity index (χ0) is 14.3. The molecule has 0 saturated carbocycles. The highest BCUT2D eigenvalue weighted by molar-refractivity contribution is 5.77. The molecule has 0 bridgehead atoms. The molecule has 19 heavy (non-hydrogen) atoms. The Morgan fingerprint density at radius 2 is 2.16 bits per heavy atom. The van der Waals surface area contributed by atoms with Gasteiger partial charge in [-0.15, -0.1) is 0 Å². The number of benzene rings is 1. The molecule has 0 heterocycles. The second kappa shape index (κ2) is 7.79. The third kappa shape index (κ3) is 5.75. The lowest BCUT2D eigenvalue weighted by atomic mass is 10.1. The number of amides is 1. The summed E-state index contributed by atoms with van der Waals surface area (Å²) >= 11 is 0. The fourth-order valence-electron chi connectivity index (χ4n) is 1.89. The number of carbonyl (C=O) groups excluding carboxylic acids is 1. The summed E-state index contributed by atoms with van der Waals surface area (Å²) in [4.78, 5) is 11.7. The summed E-state index contributed by atoms with van der Waals surface area (Å²) in [5.41, 5.74) is 2.20. The molecule has 0 aliphatic heterocycles. The van der Waals surface area contributed by atoms with Gasteiger partial charge in [-0.25, -0.2) is 0 Å². The average Bonchev–Trinajstić information content (AvgIpc) is 2.35. The third-order valence-corrected chi connectivity index (χ3v) is 2.89.